The maximum Gasteiger partial charge on any atom is 0.307 e. The standard InChI is InChI=1S/C17H21NO6/c1-8(19)9-6-11(23-4)12(24-5)7-10(9)18-15(20)13-14(16(21)22)17(13,2)3/h6-7,13-14H,1-5H3,(H,18,20)(H,21,22). The molecule has 0 heterocycles. The summed E-state index contributed by atoms with van der Waals surface area (Å²) in [5, 5.41) is 11.9. The van der Waals surface area contributed by atoms with Crippen molar-refractivity contribution in [1.29, 1.82) is 0 Å². The van der Waals surface area contributed by atoms with Gasteiger partial charge in [0.1, 0.15) is 0 Å². The van der Waals surface area contributed by atoms with Crippen LogP contribution in [0.25, 0.3) is 0 Å². The van der Waals surface area contributed by atoms with Crippen molar-refractivity contribution >= 4 is 23.3 Å². The molecule has 0 aliphatic heterocycles. The average molecular weight is 335 g/mol. The van der Waals surface area contributed by atoms with Crippen LogP contribution in [0.2, 0.25) is 0 Å². The Balaban J connectivity index is 2.34. The summed E-state index contributed by atoms with van der Waals surface area (Å²) in [6.45, 7) is 4.84. The highest BCUT2D eigenvalue weighted by Gasteiger charge is 2.65. The normalized spacial score (nSPS) is 20.9. The number of anilines is 1. The third-order valence-corrected chi connectivity index (χ3v) is 4.54. The Hall–Kier alpha value is -2.57. The lowest BCUT2D eigenvalue weighted by Gasteiger charge is -2.14. The first kappa shape index (κ1) is 17.8. The molecule has 7 nitrogen and oxygen atoms in total. The molecule has 1 aromatic carbocycles. The maximum atomic E-state index is 12.5. The number of carbonyl (C=O) groups excluding carboxylic acids is 2. The summed E-state index contributed by atoms with van der Waals surface area (Å²) in [6, 6.07) is 2.99. The second-order valence-corrected chi connectivity index (χ2v) is 6.41. The van der Waals surface area contributed by atoms with Gasteiger partial charge in [0, 0.05) is 11.6 Å². The van der Waals surface area contributed by atoms with Crippen LogP contribution in [0.4, 0.5) is 5.69 Å². The van der Waals surface area contributed by atoms with Crippen molar-refractivity contribution in [2.45, 2.75) is 20.8 Å². The minimum absolute atomic E-state index is 0.254. The molecule has 1 fully saturated rings. The van der Waals surface area contributed by atoms with Gasteiger partial charge in [-0.1, -0.05) is 13.8 Å². The third-order valence-electron chi connectivity index (χ3n) is 4.54. The predicted octanol–water partition coefficient (Wildman–Crippen LogP) is 2.20. The zero-order chi connectivity index (χ0) is 18.2. The van der Waals surface area contributed by atoms with E-state index in [0.717, 1.165) is 0 Å². The Morgan fingerprint density at radius 2 is 1.62 bits per heavy atom. The van der Waals surface area contributed by atoms with Crippen molar-refractivity contribution in [1.82, 2.24) is 0 Å². The summed E-state index contributed by atoms with van der Waals surface area (Å²) in [7, 11) is 2.89. The second kappa shape index (κ2) is 6.14. The lowest BCUT2D eigenvalue weighted by atomic mass is 10.1. The van der Waals surface area contributed by atoms with E-state index in [1.54, 1.807) is 13.8 Å². The molecular weight excluding hydrogens is 314 g/mol. The number of methoxy groups -OCH3 is 2. The van der Waals surface area contributed by atoms with Gasteiger partial charge in [0.15, 0.2) is 17.3 Å². The number of hydrogen-bond acceptors (Lipinski definition) is 5. The number of Topliss-reactive ketones (excluding diaryl/α,β-unsaturated/α-hetero) is 1. The SMILES string of the molecule is COc1cc(NC(=O)C2C(C(=O)O)C2(C)C)c(C(C)=O)cc1OC. The van der Waals surface area contributed by atoms with Gasteiger partial charge < -0.3 is 19.9 Å². The van der Waals surface area contributed by atoms with E-state index in [9.17, 15) is 19.5 Å². The minimum atomic E-state index is -1.00. The van der Waals surface area contributed by atoms with Gasteiger partial charge in [0.2, 0.25) is 5.91 Å². The molecule has 1 saturated carbocycles. The summed E-state index contributed by atoms with van der Waals surface area (Å²) in [5.41, 5.74) is -0.0774. The number of amides is 1. The smallest absolute Gasteiger partial charge is 0.307 e. The molecule has 2 unspecified atom stereocenters. The first-order valence-electron chi connectivity index (χ1n) is 7.45. The molecule has 1 aliphatic rings. The highest BCUT2D eigenvalue weighted by atomic mass is 16.5. The van der Waals surface area contributed by atoms with Crippen molar-refractivity contribution in [3.05, 3.63) is 17.7 Å². The fourth-order valence-corrected chi connectivity index (χ4v) is 3.07. The fourth-order valence-electron chi connectivity index (χ4n) is 3.07. The summed E-state index contributed by atoms with van der Waals surface area (Å²) < 4.78 is 10.3. The predicted molar refractivity (Wildman–Crippen MR) is 86.6 cm³/mol. The minimum Gasteiger partial charge on any atom is -0.493 e. The molecule has 1 aliphatic carbocycles. The molecule has 0 radical (unpaired) electrons. The van der Waals surface area contributed by atoms with E-state index < -0.39 is 29.1 Å². The lowest BCUT2D eigenvalue weighted by molar-refractivity contribution is -0.140. The number of ether oxygens (including phenoxy) is 2. The molecular formula is C17H21NO6. The molecule has 0 spiro atoms. The highest BCUT2D eigenvalue weighted by molar-refractivity contribution is 6.06. The summed E-state index contributed by atoms with van der Waals surface area (Å²) in [5.74, 6) is -2.34. The van der Waals surface area contributed by atoms with Crippen molar-refractivity contribution in [2.75, 3.05) is 19.5 Å². The first-order chi connectivity index (χ1) is 11.1. The van der Waals surface area contributed by atoms with E-state index in [1.165, 1.54) is 33.3 Å². The zero-order valence-electron chi connectivity index (χ0n) is 14.3. The molecule has 2 N–H and O–H groups in total. The number of carbonyl (C=O) groups is 3. The van der Waals surface area contributed by atoms with Crippen LogP contribution >= 0.6 is 0 Å². The number of hydrogen-bond donors (Lipinski definition) is 2. The molecule has 24 heavy (non-hydrogen) atoms. The number of nitrogens with one attached hydrogen (secondary N) is 1. The van der Waals surface area contributed by atoms with E-state index in [2.05, 4.69) is 5.32 Å². The van der Waals surface area contributed by atoms with Crippen LogP contribution in [-0.4, -0.2) is 37.0 Å². The molecule has 2 rings (SSSR count). The van der Waals surface area contributed by atoms with Crippen LogP contribution < -0.4 is 14.8 Å². The monoisotopic (exact) mass is 335 g/mol. The Kier molecular flexibility index (Phi) is 4.55. The van der Waals surface area contributed by atoms with Crippen LogP contribution in [0, 0.1) is 17.3 Å². The van der Waals surface area contributed by atoms with Crippen molar-refractivity contribution in [2.24, 2.45) is 17.3 Å². The van der Waals surface area contributed by atoms with Gasteiger partial charge in [-0.05, 0) is 18.4 Å². The Bertz CT molecular complexity index is 709. The van der Waals surface area contributed by atoms with Gasteiger partial charge in [0.25, 0.3) is 0 Å². The molecule has 2 atom stereocenters. The van der Waals surface area contributed by atoms with Crippen LogP contribution in [0.3, 0.4) is 0 Å². The van der Waals surface area contributed by atoms with E-state index in [4.69, 9.17) is 9.47 Å². The highest BCUT2D eigenvalue weighted by Crippen LogP contribution is 2.58. The van der Waals surface area contributed by atoms with Gasteiger partial charge in [-0.3, -0.25) is 14.4 Å². The molecule has 0 aromatic heterocycles. The van der Waals surface area contributed by atoms with E-state index >= 15 is 0 Å². The molecule has 1 aromatic rings. The summed E-state index contributed by atoms with van der Waals surface area (Å²) >= 11 is 0. The average Bonchev–Trinajstić information content (AvgIpc) is 3.09. The topological polar surface area (TPSA) is 102 Å². The summed E-state index contributed by atoms with van der Waals surface area (Å²) in [6.07, 6.45) is 0. The Morgan fingerprint density at radius 1 is 1.08 bits per heavy atom. The first-order valence-corrected chi connectivity index (χ1v) is 7.45. The number of aliphatic carboxylic acids is 1. The molecule has 1 amide bonds. The number of rotatable bonds is 6. The lowest BCUT2D eigenvalue weighted by Crippen LogP contribution is -2.19. The molecule has 0 bridgehead atoms. The Labute approximate surface area is 139 Å². The van der Waals surface area contributed by atoms with Gasteiger partial charge in [-0.2, -0.15) is 0 Å². The van der Waals surface area contributed by atoms with Gasteiger partial charge >= 0.3 is 5.97 Å². The number of carboxylic acid groups (broad SMARTS) is 1. The molecule has 7 heteroatoms. The maximum absolute atomic E-state index is 12.5. The largest absolute Gasteiger partial charge is 0.493 e. The number of carboxylic acids is 1. The second-order valence-electron chi connectivity index (χ2n) is 6.41. The summed E-state index contributed by atoms with van der Waals surface area (Å²) in [4.78, 5) is 35.6. The van der Waals surface area contributed by atoms with Gasteiger partial charge in [0.05, 0.1) is 31.7 Å². The number of benzene rings is 1. The van der Waals surface area contributed by atoms with Crippen LogP contribution in [0.15, 0.2) is 12.1 Å². The zero-order valence-corrected chi connectivity index (χ0v) is 14.3. The van der Waals surface area contributed by atoms with Gasteiger partial charge in [-0.25, -0.2) is 0 Å². The third kappa shape index (κ3) is 2.93. The van der Waals surface area contributed by atoms with Crippen molar-refractivity contribution in [3.63, 3.8) is 0 Å². The molecule has 0 saturated heterocycles. The molecule has 130 valence electrons. The van der Waals surface area contributed by atoms with Crippen molar-refractivity contribution < 1.29 is 29.0 Å². The van der Waals surface area contributed by atoms with Crippen LogP contribution in [0.5, 0.6) is 11.5 Å². The fraction of sp³-hybridized carbons (Fsp3) is 0.471. The van der Waals surface area contributed by atoms with E-state index in [0.29, 0.717) is 11.5 Å². The number of ketones is 1. The van der Waals surface area contributed by atoms with E-state index in [-0.39, 0.29) is 17.0 Å². The quantitative estimate of drug-likeness (QED) is 0.773. The van der Waals surface area contributed by atoms with Gasteiger partial charge in [-0.15, -0.1) is 0 Å². The van der Waals surface area contributed by atoms with Crippen LogP contribution in [0.1, 0.15) is 31.1 Å². The van der Waals surface area contributed by atoms with Crippen LogP contribution in [-0.2, 0) is 9.59 Å². The van der Waals surface area contributed by atoms with E-state index in [1.807, 2.05) is 0 Å². The Morgan fingerprint density at radius 3 is 2.04 bits per heavy atom. The van der Waals surface area contributed by atoms with Crippen molar-refractivity contribution in [3.8, 4) is 11.5 Å².